The average molecular weight is 332 g/mol. The summed E-state index contributed by atoms with van der Waals surface area (Å²) in [7, 11) is 0. The first kappa shape index (κ1) is 15.9. The van der Waals surface area contributed by atoms with E-state index in [1.165, 1.54) is 0 Å². The normalized spacial score (nSPS) is 45.8. The smallest absolute Gasteiger partial charge is 0.333 e. The lowest BCUT2D eigenvalue weighted by atomic mass is 9.62. The summed E-state index contributed by atoms with van der Waals surface area (Å²) in [5, 5.41) is 10.3. The molecule has 0 spiro atoms. The van der Waals surface area contributed by atoms with Crippen LogP contribution in [0.4, 0.5) is 0 Å². The summed E-state index contributed by atoms with van der Waals surface area (Å²) in [4.78, 5) is 24.5. The lowest BCUT2D eigenvalue weighted by Crippen LogP contribution is -2.44. The average Bonchev–Trinajstić information content (AvgIpc) is 2.91. The van der Waals surface area contributed by atoms with E-state index in [0.717, 1.165) is 17.6 Å². The molecule has 3 saturated carbocycles. The van der Waals surface area contributed by atoms with Gasteiger partial charge in [-0.2, -0.15) is 0 Å². The number of carbonyl (C=O) groups is 2. The molecule has 5 nitrogen and oxygen atoms in total. The predicted molar refractivity (Wildman–Crippen MR) is 85.7 cm³/mol. The van der Waals surface area contributed by atoms with Crippen molar-refractivity contribution in [2.75, 3.05) is 0 Å². The lowest BCUT2D eigenvalue weighted by Gasteiger charge is -2.43. The van der Waals surface area contributed by atoms with Gasteiger partial charge in [-0.05, 0) is 55.6 Å². The zero-order valence-electron chi connectivity index (χ0n) is 14.4. The third kappa shape index (κ3) is 1.97. The fourth-order valence-electron chi connectivity index (χ4n) is 5.50. The Balaban J connectivity index is 1.79. The summed E-state index contributed by atoms with van der Waals surface area (Å²) in [6.07, 6.45) is 0.952. The molecule has 7 atom stereocenters. The zero-order chi connectivity index (χ0) is 17.4. The molecule has 24 heavy (non-hydrogen) atoms. The molecule has 0 aromatic carbocycles. The number of carbonyl (C=O) groups excluding carboxylic acids is 2. The van der Waals surface area contributed by atoms with E-state index in [9.17, 15) is 14.7 Å². The van der Waals surface area contributed by atoms with Gasteiger partial charge in [0, 0.05) is 5.57 Å². The number of rotatable bonds is 2. The molecule has 5 rings (SSSR count). The largest absolute Gasteiger partial charge is 0.459 e. The van der Waals surface area contributed by atoms with Crippen LogP contribution in [0.5, 0.6) is 0 Å². The molecule has 1 saturated heterocycles. The van der Waals surface area contributed by atoms with Crippen LogP contribution in [-0.2, 0) is 19.1 Å². The van der Waals surface area contributed by atoms with Crippen molar-refractivity contribution in [3.8, 4) is 0 Å². The summed E-state index contributed by atoms with van der Waals surface area (Å²) in [6.45, 7) is 9.38. The highest BCUT2D eigenvalue weighted by Gasteiger charge is 2.65. The second-order valence-electron chi connectivity index (χ2n) is 8.27. The van der Waals surface area contributed by atoms with Crippen molar-refractivity contribution in [3.63, 3.8) is 0 Å². The van der Waals surface area contributed by atoms with E-state index < -0.39 is 12.1 Å². The Hall–Kier alpha value is -1.62. The van der Waals surface area contributed by atoms with E-state index >= 15 is 0 Å². The molecule has 1 N–H and O–H groups in total. The Morgan fingerprint density at radius 3 is 2.79 bits per heavy atom. The molecule has 4 fully saturated rings. The van der Waals surface area contributed by atoms with Crippen molar-refractivity contribution in [1.29, 1.82) is 0 Å². The van der Waals surface area contributed by atoms with Gasteiger partial charge in [-0.25, -0.2) is 4.79 Å². The maximum absolute atomic E-state index is 12.4. The summed E-state index contributed by atoms with van der Waals surface area (Å²) >= 11 is 0. The molecule has 7 unspecified atom stereocenters. The Labute approximate surface area is 141 Å². The molecule has 4 aliphatic carbocycles. The first-order valence-corrected chi connectivity index (χ1v) is 8.68. The monoisotopic (exact) mass is 332 g/mol. The number of esters is 2. The van der Waals surface area contributed by atoms with Crippen LogP contribution in [0.15, 0.2) is 23.3 Å². The van der Waals surface area contributed by atoms with E-state index in [4.69, 9.17) is 9.47 Å². The molecule has 130 valence electrons. The van der Waals surface area contributed by atoms with Crippen molar-refractivity contribution in [1.82, 2.24) is 0 Å². The van der Waals surface area contributed by atoms with E-state index in [1.807, 2.05) is 6.92 Å². The maximum Gasteiger partial charge on any atom is 0.333 e. The molecule has 0 aromatic rings. The van der Waals surface area contributed by atoms with Crippen LogP contribution in [0, 0.1) is 23.2 Å². The van der Waals surface area contributed by atoms with Crippen LogP contribution in [0.25, 0.3) is 0 Å². The molecule has 5 heteroatoms. The minimum absolute atomic E-state index is 0.144. The van der Waals surface area contributed by atoms with Gasteiger partial charge in [0.05, 0.1) is 17.9 Å². The number of fused-ring (bicyclic) bond motifs is 1. The van der Waals surface area contributed by atoms with Gasteiger partial charge in [0.1, 0.15) is 12.2 Å². The van der Waals surface area contributed by atoms with Crippen molar-refractivity contribution in [3.05, 3.63) is 23.3 Å². The molecular weight excluding hydrogens is 308 g/mol. The van der Waals surface area contributed by atoms with Gasteiger partial charge >= 0.3 is 11.9 Å². The summed E-state index contributed by atoms with van der Waals surface area (Å²) in [5.74, 6) is -0.771. The lowest BCUT2D eigenvalue weighted by molar-refractivity contribution is -0.155. The summed E-state index contributed by atoms with van der Waals surface area (Å²) in [6, 6.07) is 0. The van der Waals surface area contributed by atoms with Crippen LogP contribution in [0.1, 0.15) is 40.0 Å². The van der Waals surface area contributed by atoms with E-state index in [2.05, 4.69) is 13.5 Å². The minimum Gasteiger partial charge on any atom is -0.459 e. The van der Waals surface area contributed by atoms with E-state index in [0.29, 0.717) is 18.4 Å². The number of aliphatic hydroxyl groups is 1. The van der Waals surface area contributed by atoms with Crippen LogP contribution in [0.2, 0.25) is 0 Å². The van der Waals surface area contributed by atoms with Crippen LogP contribution in [-0.4, -0.2) is 35.4 Å². The fourth-order valence-corrected chi connectivity index (χ4v) is 5.50. The van der Waals surface area contributed by atoms with E-state index in [1.54, 1.807) is 6.92 Å². The first-order chi connectivity index (χ1) is 11.2. The third-order valence-electron chi connectivity index (χ3n) is 6.69. The summed E-state index contributed by atoms with van der Waals surface area (Å²) in [5.41, 5.74) is 2.22. The molecule has 4 bridgehead atoms. The molecule has 0 amide bonds. The molecule has 0 aromatic heterocycles. The van der Waals surface area contributed by atoms with Crippen molar-refractivity contribution < 1.29 is 24.2 Å². The first-order valence-electron chi connectivity index (χ1n) is 8.68. The predicted octanol–water partition coefficient (Wildman–Crippen LogP) is 2.14. The number of ether oxygens (including phenoxy) is 2. The minimum atomic E-state index is -0.463. The van der Waals surface area contributed by atoms with Gasteiger partial charge in [0.2, 0.25) is 0 Å². The molecule has 1 heterocycles. The SMILES string of the molecule is C=C(C)C(=O)OC1CC2(C)CC3C(=O)OC(C4=C(C)C(O)CC42)C13. The summed E-state index contributed by atoms with van der Waals surface area (Å²) < 4.78 is 11.5. The molecule has 5 aliphatic rings. The number of hydrogen-bond donors (Lipinski definition) is 1. The number of aliphatic hydroxyl groups excluding tert-OH is 1. The van der Waals surface area contributed by atoms with Crippen LogP contribution < -0.4 is 0 Å². The van der Waals surface area contributed by atoms with Crippen molar-refractivity contribution in [2.24, 2.45) is 23.2 Å². The second-order valence-corrected chi connectivity index (χ2v) is 8.27. The van der Waals surface area contributed by atoms with Gasteiger partial charge in [0.15, 0.2) is 0 Å². The highest BCUT2D eigenvalue weighted by Crippen LogP contribution is 2.63. The Kier molecular flexibility index (Phi) is 3.27. The quantitative estimate of drug-likeness (QED) is 0.476. The Morgan fingerprint density at radius 1 is 1.42 bits per heavy atom. The van der Waals surface area contributed by atoms with Crippen molar-refractivity contribution in [2.45, 2.75) is 58.3 Å². The number of hydrogen-bond acceptors (Lipinski definition) is 5. The van der Waals surface area contributed by atoms with Gasteiger partial charge in [0.25, 0.3) is 0 Å². The topological polar surface area (TPSA) is 72.8 Å². The zero-order valence-corrected chi connectivity index (χ0v) is 14.4. The molecular formula is C19H24O5. The fraction of sp³-hybridized carbons (Fsp3) is 0.684. The second kappa shape index (κ2) is 4.94. The van der Waals surface area contributed by atoms with Crippen LogP contribution in [0.3, 0.4) is 0 Å². The highest BCUT2D eigenvalue weighted by molar-refractivity contribution is 5.87. The van der Waals surface area contributed by atoms with Gasteiger partial charge in [-0.15, -0.1) is 0 Å². The molecule has 0 radical (unpaired) electrons. The Morgan fingerprint density at radius 2 is 2.12 bits per heavy atom. The standard InChI is InChI=1S/C19H24O5/c1-8(2)17(21)23-13-7-19(4)6-10-15(13)16(24-18(10)22)14-9(3)12(20)5-11(14)19/h10-13,15-16,20H,1,5-7H2,2-4H3. The van der Waals surface area contributed by atoms with Gasteiger partial charge in [-0.1, -0.05) is 13.5 Å². The third-order valence-corrected chi connectivity index (χ3v) is 6.69. The maximum atomic E-state index is 12.4. The van der Waals surface area contributed by atoms with Crippen LogP contribution >= 0.6 is 0 Å². The molecule has 1 aliphatic heterocycles. The van der Waals surface area contributed by atoms with Gasteiger partial charge < -0.3 is 14.6 Å². The highest BCUT2D eigenvalue weighted by atomic mass is 16.6. The van der Waals surface area contributed by atoms with Crippen molar-refractivity contribution >= 4 is 11.9 Å². The van der Waals surface area contributed by atoms with Gasteiger partial charge in [-0.3, -0.25) is 4.79 Å². The Bertz CT molecular complexity index is 677. The van der Waals surface area contributed by atoms with E-state index in [-0.39, 0.29) is 41.3 Å².